The second kappa shape index (κ2) is 7.11. The van der Waals surface area contributed by atoms with E-state index in [0.717, 1.165) is 45.1 Å². The molecule has 3 rings (SSSR count). The average Bonchev–Trinajstić information content (AvgIpc) is 2.55. The van der Waals surface area contributed by atoms with Crippen molar-refractivity contribution in [3.05, 3.63) is 0 Å². The monoisotopic (exact) mass is 313 g/mol. The lowest BCUT2D eigenvalue weighted by Gasteiger charge is -2.57. The molecule has 6 heteroatoms. The number of hydrogen-bond donors (Lipinski definition) is 1. The van der Waals surface area contributed by atoms with Gasteiger partial charge in [-0.2, -0.15) is 0 Å². The van der Waals surface area contributed by atoms with E-state index >= 15 is 0 Å². The minimum atomic E-state index is -0.251. The zero-order valence-electron chi connectivity index (χ0n) is 13.6. The minimum absolute atomic E-state index is 0.251. The molecule has 1 N–H and O–H groups in total. The van der Waals surface area contributed by atoms with Crippen molar-refractivity contribution in [3.63, 3.8) is 0 Å². The van der Waals surface area contributed by atoms with Gasteiger partial charge in [-0.25, -0.2) is 0 Å². The normalized spacial score (nSPS) is 31.6. The number of nitrogens with zero attached hydrogens (tertiary/aromatic N) is 1. The molecule has 6 nitrogen and oxygen atoms in total. The molecule has 0 aromatic heterocycles. The molecular formula is C16H29N2O4. The third kappa shape index (κ3) is 3.18. The SMILES string of the molecule is COCCNC1CC2(CCOCC2)N([O])C2(CCOCC2)C1. The molecule has 3 aliphatic rings. The van der Waals surface area contributed by atoms with E-state index in [1.807, 2.05) is 0 Å². The van der Waals surface area contributed by atoms with Crippen LogP contribution >= 0.6 is 0 Å². The van der Waals surface area contributed by atoms with E-state index in [9.17, 15) is 5.21 Å². The molecule has 0 aromatic rings. The van der Waals surface area contributed by atoms with Crippen molar-refractivity contribution in [1.82, 2.24) is 10.4 Å². The summed E-state index contributed by atoms with van der Waals surface area (Å²) in [7, 11) is 1.72. The highest BCUT2D eigenvalue weighted by Gasteiger charge is 2.55. The highest BCUT2D eigenvalue weighted by atomic mass is 16.5. The highest BCUT2D eigenvalue weighted by Crippen LogP contribution is 2.47. The van der Waals surface area contributed by atoms with Gasteiger partial charge in [0.05, 0.1) is 17.7 Å². The maximum atomic E-state index is 13.3. The average molecular weight is 313 g/mol. The van der Waals surface area contributed by atoms with Gasteiger partial charge >= 0.3 is 0 Å². The van der Waals surface area contributed by atoms with Crippen LogP contribution in [0.15, 0.2) is 0 Å². The molecule has 127 valence electrons. The molecule has 0 bridgehead atoms. The van der Waals surface area contributed by atoms with E-state index in [2.05, 4.69) is 5.32 Å². The van der Waals surface area contributed by atoms with Crippen molar-refractivity contribution in [1.29, 1.82) is 0 Å². The summed E-state index contributed by atoms with van der Waals surface area (Å²) in [5, 5.41) is 18.4. The van der Waals surface area contributed by atoms with Crippen molar-refractivity contribution < 1.29 is 19.4 Å². The van der Waals surface area contributed by atoms with Crippen molar-refractivity contribution in [2.45, 2.75) is 55.6 Å². The van der Waals surface area contributed by atoms with Crippen LogP contribution in [0, 0.1) is 0 Å². The third-order valence-electron chi connectivity index (χ3n) is 5.70. The lowest BCUT2D eigenvalue weighted by Crippen LogP contribution is -2.68. The molecular weight excluding hydrogens is 284 g/mol. The topological polar surface area (TPSA) is 62.9 Å². The lowest BCUT2D eigenvalue weighted by atomic mass is 9.69. The number of piperidine rings is 1. The largest absolute Gasteiger partial charge is 0.383 e. The van der Waals surface area contributed by atoms with E-state index in [1.54, 1.807) is 7.11 Å². The summed E-state index contributed by atoms with van der Waals surface area (Å²) in [6, 6.07) is 0.386. The van der Waals surface area contributed by atoms with Gasteiger partial charge in [-0.05, 0) is 38.5 Å². The van der Waals surface area contributed by atoms with Crippen LogP contribution in [0.25, 0.3) is 0 Å². The van der Waals surface area contributed by atoms with E-state index in [1.165, 1.54) is 5.06 Å². The maximum absolute atomic E-state index is 13.3. The van der Waals surface area contributed by atoms with Crippen LogP contribution in [0.3, 0.4) is 0 Å². The van der Waals surface area contributed by atoms with Gasteiger partial charge in [-0.15, -0.1) is 10.3 Å². The molecule has 0 aromatic carbocycles. The maximum Gasteiger partial charge on any atom is 0.0587 e. The van der Waals surface area contributed by atoms with Gasteiger partial charge in [0.25, 0.3) is 0 Å². The first-order valence-corrected chi connectivity index (χ1v) is 8.56. The summed E-state index contributed by atoms with van der Waals surface area (Å²) in [6.07, 6.45) is 5.24. The molecule has 3 heterocycles. The van der Waals surface area contributed by atoms with Gasteiger partial charge in [0, 0.05) is 46.1 Å². The van der Waals surface area contributed by atoms with Crippen LogP contribution in [-0.2, 0) is 19.4 Å². The second-order valence-corrected chi connectivity index (χ2v) is 7.02. The van der Waals surface area contributed by atoms with Crippen molar-refractivity contribution >= 4 is 0 Å². The second-order valence-electron chi connectivity index (χ2n) is 7.02. The van der Waals surface area contributed by atoms with Gasteiger partial charge in [-0.3, -0.25) is 0 Å². The van der Waals surface area contributed by atoms with Gasteiger partial charge in [0.15, 0.2) is 0 Å². The molecule has 0 aliphatic carbocycles. The van der Waals surface area contributed by atoms with Gasteiger partial charge in [0.1, 0.15) is 0 Å². The van der Waals surface area contributed by atoms with Crippen molar-refractivity contribution in [2.75, 3.05) is 46.7 Å². The fraction of sp³-hybridized carbons (Fsp3) is 1.00. The smallest absolute Gasteiger partial charge is 0.0587 e. The predicted octanol–water partition coefficient (Wildman–Crippen LogP) is 1.13. The minimum Gasteiger partial charge on any atom is -0.383 e. The van der Waals surface area contributed by atoms with Crippen LogP contribution in [0.5, 0.6) is 0 Å². The molecule has 1 radical (unpaired) electrons. The van der Waals surface area contributed by atoms with E-state index in [0.29, 0.717) is 39.1 Å². The molecule has 3 fully saturated rings. The number of nitrogens with one attached hydrogen (secondary N) is 1. The summed E-state index contributed by atoms with van der Waals surface area (Å²) >= 11 is 0. The molecule has 3 aliphatic heterocycles. The van der Waals surface area contributed by atoms with E-state index in [4.69, 9.17) is 14.2 Å². The zero-order valence-corrected chi connectivity index (χ0v) is 13.6. The highest BCUT2D eigenvalue weighted by molar-refractivity contribution is 5.07. The first-order valence-electron chi connectivity index (χ1n) is 8.56. The Balaban J connectivity index is 1.77. The number of ether oxygens (including phenoxy) is 3. The Morgan fingerprint density at radius 3 is 2.00 bits per heavy atom. The van der Waals surface area contributed by atoms with Crippen molar-refractivity contribution in [2.24, 2.45) is 0 Å². The molecule has 0 saturated carbocycles. The van der Waals surface area contributed by atoms with Crippen LogP contribution in [0.1, 0.15) is 38.5 Å². The van der Waals surface area contributed by atoms with Crippen LogP contribution in [0.4, 0.5) is 0 Å². The van der Waals surface area contributed by atoms with Crippen LogP contribution in [-0.4, -0.2) is 68.9 Å². The third-order valence-corrected chi connectivity index (χ3v) is 5.70. The molecule has 0 amide bonds. The summed E-state index contributed by atoms with van der Waals surface area (Å²) in [6.45, 7) is 4.38. The standard InChI is InChI=1S/C16H29N2O4/c1-20-11-6-17-14-12-15(2-7-21-8-3-15)18(19)16(13-14)4-9-22-10-5-16/h14,17H,2-13H2,1H3. The van der Waals surface area contributed by atoms with Crippen molar-refractivity contribution in [3.8, 4) is 0 Å². The number of rotatable bonds is 4. The van der Waals surface area contributed by atoms with Crippen LogP contribution in [0.2, 0.25) is 0 Å². The van der Waals surface area contributed by atoms with Gasteiger partial charge in [-0.1, -0.05) is 0 Å². The van der Waals surface area contributed by atoms with E-state index < -0.39 is 0 Å². The number of hydroxylamine groups is 2. The first kappa shape index (κ1) is 16.6. The Labute approximate surface area is 133 Å². The number of methoxy groups -OCH3 is 1. The fourth-order valence-corrected chi connectivity index (χ4v) is 4.49. The van der Waals surface area contributed by atoms with Gasteiger partial charge in [0.2, 0.25) is 0 Å². The molecule has 22 heavy (non-hydrogen) atoms. The summed E-state index contributed by atoms with van der Waals surface area (Å²) < 4.78 is 16.2. The summed E-state index contributed by atoms with van der Waals surface area (Å²) in [5.41, 5.74) is -0.503. The van der Waals surface area contributed by atoms with Gasteiger partial charge < -0.3 is 19.5 Å². The molecule has 3 saturated heterocycles. The Morgan fingerprint density at radius 1 is 1.05 bits per heavy atom. The van der Waals surface area contributed by atoms with E-state index in [-0.39, 0.29) is 11.1 Å². The zero-order chi connectivity index (χ0) is 15.5. The quantitative estimate of drug-likeness (QED) is 0.788. The first-order chi connectivity index (χ1) is 10.7. The predicted molar refractivity (Wildman–Crippen MR) is 81.0 cm³/mol. The summed E-state index contributed by atoms with van der Waals surface area (Å²) in [5.74, 6) is 0. The fourth-order valence-electron chi connectivity index (χ4n) is 4.49. The Hall–Kier alpha value is -0.240. The summed E-state index contributed by atoms with van der Waals surface area (Å²) in [4.78, 5) is 0. The number of hydrogen-bond acceptors (Lipinski definition) is 5. The lowest BCUT2D eigenvalue weighted by molar-refractivity contribution is -0.330. The van der Waals surface area contributed by atoms with Crippen LogP contribution < -0.4 is 5.32 Å². The Morgan fingerprint density at radius 2 is 1.55 bits per heavy atom. The Kier molecular flexibility index (Phi) is 5.37. The Bertz CT molecular complexity index is 326. The molecule has 0 atom stereocenters. The molecule has 0 unspecified atom stereocenters. The molecule has 2 spiro atoms.